The molecular weight excluding hydrogens is 234 g/mol. The van der Waals surface area contributed by atoms with Gasteiger partial charge in [0, 0.05) is 0 Å². The number of carbonyl (C=O) groups is 2. The Balaban J connectivity index is 2.50. The number of nitrogens with two attached hydrogens (primary N) is 1. The Kier molecular flexibility index (Phi) is 3.76. The van der Waals surface area contributed by atoms with E-state index in [-0.39, 0.29) is 5.76 Å². The van der Waals surface area contributed by atoms with Crippen LogP contribution in [0.15, 0.2) is 21.7 Å². The van der Waals surface area contributed by atoms with Gasteiger partial charge in [0.1, 0.15) is 4.92 Å². The van der Waals surface area contributed by atoms with Crippen molar-refractivity contribution in [2.45, 2.75) is 0 Å². The van der Waals surface area contributed by atoms with E-state index in [2.05, 4.69) is 10.8 Å². The molecule has 0 aliphatic carbocycles. The summed E-state index contributed by atoms with van der Waals surface area (Å²) >= 11 is 0. The maximum absolute atomic E-state index is 10.8. The molecule has 1 heterocycles. The van der Waals surface area contributed by atoms with Crippen LogP contribution in [0.4, 0.5) is 15.5 Å². The minimum Gasteiger partial charge on any atom is -0.400 e. The Morgan fingerprint density at radius 3 is 2.76 bits per heavy atom. The van der Waals surface area contributed by atoms with E-state index in [1.165, 1.54) is 6.07 Å². The summed E-state index contributed by atoms with van der Waals surface area (Å²) in [5.41, 5.74) is 6.55. The number of primary amides is 1. The van der Waals surface area contributed by atoms with Crippen LogP contribution in [0.3, 0.4) is 0 Å². The van der Waals surface area contributed by atoms with E-state index in [0.29, 0.717) is 0 Å². The molecule has 0 aliphatic heterocycles. The molecule has 90 valence electrons. The number of nitrogens with one attached hydrogen (secondary N) is 2. The topological polar surface area (TPSA) is 153 Å². The van der Waals surface area contributed by atoms with Crippen molar-refractivity contribution < 1.29 is 18.9 Å². The number of carbonyl (C=O) groups excluding carboxylic acids is 2. The number of imide groups is 1. The van der Waals surface area contributed by atoms with Crippen LogP contribution in [0.1, 0.15) is 5.76 Å². The molecule has 0 aromatic carbocycles. The molecule has 0 saturated carbocycles. The van der Waals surface area contributed by atoms with Gasteiger partial charge in [-0.25, -0.2) is 15.0 Å². The maximum atomic E-state index is 10.8. The Morgan fingerprint density at radius 2 is 2.24 bits per heavy atom. The van der Waals surface area contributed by atoms with E-state index in [4.69, 9.17) is 4.42 Å². The van der Waals surface area contributed by atoms with Crippen molar-refractivity contribution in [2.75, 3.05) is 0 Å². The van der Waals surface area contributed by atoms with Crippen molar-refractivity contribution >= 4 is 24.2 Å². The lowest BCUT2D eigenvalue weighted by atomic mass is 10.5. The quantitative estimate of drug-likeness (QED) is 0.383. The van der Waals surface area contributed by atoms with E-state index in [9.17, 15) is 19.7 Å². The van der Waals surface area contributed by atoms with Crippen molar-refractivity contribution in [3.63, 3.8) is 0 Å². The minimum absolute atomic E-state index is 0.0658. The molecule has 10 nitrogen and oxygen atoms in total. The third-order valence-electron chi connectivity index (χ3n) is 1.39. The average Bonchev–Trinajstić information content (AvgIpc) is 2.65. The fourth-order valence-electron chi connectivity index (χ4n) is 0.804. The summed E-state index contributed by atoms with van der Waals surface area (Å²) in [6.45, 7) is 0. The predicted molar refractivity (Wildman–Crippen MR) is 54.2 cm³/mol. The predicted octanol–water partition coefficient (Wildman–Crippen LogP) is -0.100. The first-order valence-corrected chi connectivity index (χ1v) is 4.13. The highest BCUT2D eigenvalue weighted by molar-refractivity contribution is 5.92. The molecule has 0 saturated heterocycles. The van der Waals surface area contributed by atoms with Crippen molar-refractivity contribution in [1.29, 1.82) is 0 Å². The van der Waals surface area contributed by atoms with Gasteiger partial charge in [-0.1, -0.05) is 0 Å². The molecule has 1 rings (SSSR count). The maximum Gasteiger partial charge on any atom is 0.433 e. The third kappa shape index (κ3) is 3.99. The lowest BCUT2D eigenvalue weighted by molar-refractivity contribution is -0.402. The van der Waals surface area contributed by atoms with Crippen LogP contribution in [0, 0.1) is 10.1 Å². The highest BCUT2D eigenvalue weighted by atomic mass is 16.6. The van der Waals surface area contributed by atoms with Gasteiger partial charge in [-0.2, -0.15) is 5.10 Å². The highest BCUT2D eigenvalue weighted by Gasteiger charge is 2.10. The molecular formula is C7H7N5O5. The molecule has 0 spiro atoms. The third-order valence-corrected chi connectivity index (χ3v) is 1.39. The largest absolute Gasteiger partial charge is 0.433 e. The second kappa shape index (κ2) is 5.25. The molecule has 0 unspecified atom stereocenters. The number of furan rings is 1. The minimum atomic E-state index is -1.04. The van der Waals surface area contributed by atoms with E-state index in [1.54, 1.807) is 5.32 Å². The Morgan fingerprint density at radius 1 is 1.53 bits per heavy atom. The number of hydrogen-bond acceptors (Lipinski definition) is 6. The van der Waals surface area contributed by atoms with Crippen molar-refractivity contribution in [3.8, 4) is 0 Å². The van der Waals surface area contributed by atoms with Gasteiger partial charge in [-0.05, 0) is 6.07 Å². The lowest BCUT2D eigenvalue weighted by Crippen LogP contribution is -2.40. The van der Waals surface area contributed by atoms with Crippen molar-refractivity contribution in [3.05, 3.63) is 28.0 Å². The summed E-state index contributed by atoms with van der Waals surface area (Å²) in [6.07, 6.45) is 1.02. The van der Waals surface area contributed by atoms with Gasteiger partial charge in [-0.15, -0.1) is 0 Å². The molecule has 0 bridgehead atoms. The highest BCUT2D eigenvalue weighted by Crippen LogP contribution is 2.13. The van der Waals surface area contributed by atoms with Gasteiger partial charge in [0.2, 0.25) is 0 Å². The van der Waals surface area contributed by atoms with E-state index in [0.717, 1.165) is 12.3 Å². The van der Waals surface area contributed by atoms with Crippen LogP contribution in [-0.4, -0.2) is 23.2 Å². The van der Waals surface area contributed by atoms with E-state index < -0.39 is 22.9 Å². The molecule has 0 fully saturated rings. The zero-order valence-corrected chi connectivity index (χ0v) is 8.25. The number of urea groups is 2. The Hall–Kier alpha value is -2.91. The van der Waals surface area contributed by atoms with Crippen LogP contribution >= 0.6 is 0 Å². The Bertz CT molecular complexity index is 479. The van der Waals surface area contributed by atoms with Crippen LogP contribution in [0.5, 0.6) is 0 Å². The first-order valence-electron chi connectivity index (χ1n) is 4.13. The molecule has 17 heavy (non-hydrogen) atoms. The molecule has 0 radical (unpaired) electrons. The second-order valence-electron chi connectivity index (χ2n) is 2.62. The number of hydrogen-bond donors (Lipinski definition) is 3. The Labute approximate surface area is 93.6 Å². The smallest absolute Gasteiger partial charge is 0.400 e. The number of hydrazone groups is 1. The van der Waals surface area contributed by atoms with Crippen molar-refractivity contribution in [2.24, 2.45) is 10.8 Å². The second-order valence-corrected chi connectivity index (χ2v) is 2.62. The van der Waals surface area contributed by atoms with E-state index in [1.807, 2.05) is 5.43 Å². The summed E-state index contributed by atoms with van der Waals surface area (Å²) in [5, 5.41) is 15.3. The molecule has 10 heteroatoms. The SMILES string of the molecule is NC(=O)NC(=O)N/N=C/c1ccc([N+](=O)[O-])o1. The number of rotatable bonds is 3. The molecule has 0 atom stereocenters. The summed E-state index contributed by atoms with van der Waals surface area (Å²) in [5.74, 6) is -0.385. The summed E-state index contributed by atoms with van der Waals surface area (Å²) in [7, 11) is 0. The fraction of sp³-hybridized carbons (Fsp3) is 0. The van der Waals surface area contributed by atoms with Gasteiger partial charge in [-0.3, -0.25) is 15.4 Å². The normalized spacial score (nSPS) is 10.1. The number of nitro groups is 1. The zero-order valence-electron chi connectivity index (χ0n) is 8.25. The molecule has 4 N–H and O–H groups in total. The molecule has 1 aromatic heterocycles. The number of nitrogens with zero attached hydrogens (tertiary/aromatic N) is 2. The zero-order chi connectivity index (χ0) is 12.8. The van der Waals surface area contributed by atoms with Gasteiger partial charge >= 0.3 is 17.9 Å². The van der Waals surface area contributed by atoms with Crippen LogP contribution < -0.4 is 16.5 Å². The fourth-order valence-corrected chi connectivity index (χ4v) is 0.804. The van der Waals surface area contributed by atoms with Crippen LogP contribution in [0.2, 0.25) is 0 Å². The van der Waals surface area contributed by atoms with Gasteiger partial charge < -0.3 is 10.2 Å². The first kappa shape index (κ1) is 12.2. The lowest BCUT2D eigenvalue weighted by Gasteiger charge is -1.96. The van der Waals surface area contributed by atoms with Gasteiger partial charge in [0.25, 0.3) is 0 Å². The standard InChI is InChI=1S/C7H7N5O5/c8-6(13)10-7(14)11-9-3-4-1-2-5(17-4)12(15)16/h1-3H,(H4,8,10,11,13,14)/b9-3+. The molecule has 4 amide bonds. The van der Waals surface area contributed by atoms with Crippen LogP contribution in [0.25, 0.3) is 0 Å². The van der Waals surface area contributed by atoms with Gasteiger partial charge in [0.15, 0.2) is 5.76 Å². The van der Waals surface area contributed by atoms with Crippen molar-refractivity contribution in [1.82, 2.24) is 10.7 Å². The average molecular weight is 241 g/mol. The summed E-state index contributed by atoms with van der Waals surface area (Å²) in [6, 6.07) is 0.446. The summed E-state index contributed by atoms with van der Waals surface area (Å²) < 4.78 is 4.70. The van der Waals surface area contributed by atoms with Gasteiger partial charge in [0.05, 0.1) is 12.3 Å². The molecule has 1 aromatic rings. The monoisotopic (exact) mass is 241 g/mol. The van der Waals surface area contributed by atoms with Crippen LogP contribution in [-0.2, 0) is 0 Å². The van der Waals surface area contributed by atoms with E-state index >= 15 is 0 Å². The molecule has 0 aliphatic rings. The number of amides is 4. The summed E-state index contributed by atoms with van der Waals surface area (Å²) in [4.78, 5) is 30.5. The first-order chi connectivity index (χ1) is 7.99.